The van der Waals surface area contributed by atoms with E-state index in [-0.39, 0.29) is 17.3 Å². The van der Waals surface area contributed by atoms with Gasteiger partial charge in [-0.25, -0.2) is 8.42 Å². The number of hydrogen-bond donors (Lipinski definition) is 0. The Balaban J connectivity index is 1.74. The Morgan fingerprint density at radius 2 is 1.90 bits per heavy atom. The maximum Gasteiger partial charge on any atom is 0.243 e. The van der Waals surface area contributed by atoms with Crippen molar-refractivity contribution in [3.63, 3.8) is 0 Å². The highest BCUT2D eigenvalue weighted by Gasteiger charge is 2.34. The van der Waals surface area contributed by atoms with E-state index in [1.54, 1.807) is 49.4 Å². The Bertz CT molecular complexity index is 975. The molecule has 30 heavy (non-hydrogen) atoms. The molecule has 2 aromatic carbocycles. The Morgan fingerprint density at radius 1 is 1.17 bits per heavy atom. The van der Waals surface area contributed by atoms with Crippen LogP contribution < -0.4 is 14.4 Å². The van der Waals surface area contributed by atoms with Crippen LogP contribution in [0.4, 0.5) is 5.69 Å². The lowest BCUT2D eigenvalue weighted by Gasteiger charge is -2.33. The van der Waals surface area contributed by atoms with Gasteiger partial charge in [0, 0.05) is 31.9 Å². The standard InChI is InChI=1S/C22H28N2O5S/c1-4-29-19-10-12-21(13-11-19)30(26,27)24-14-6-7-17(16-24)22(25)23(2)18-8-5-9-20(15-18)28-3/h5,8-13,15,17H,4,6-7,14,16H2,1-3H3. The van der Waals surface area contributed by atoms with Gasteiger partial charge >= 0.3 is 0 Å². The number of methoxy groups -OCH3 is 1. The van der Waals surface area contributed by atoms with Gasteiger partial charge in [0.25, 0.3) is 0 Å². The molecular formula is C22H28N2O5S. The highest BCUT2D eigenvalue weighted by Crippen LogP contribution is 2.28. The minimum Gasteiger partial charge on any atom is -0.497 e. The van der Waals surface area contributed by atoms with Gasteiger partial charge in [0.1, 0.15) is 11.5 Å². The maximum atomic E-state index is 13.1. The van der Waals surface area contributed by atoms with Crippen LogP contribution in [-0.2, 0) is 14.8 Å². The Hall–Kier alpha value is -2.58. The summed E-state index contributed by atoms with van der Waals surface area (Å²) in [6, 6.07) is 13.7. The van der Waals surface area contributed by atoms with Crippen LogP contribution in [-0.4, -0.2) is 52.5 Å². The highest BCUT2D eigenvalue weighted by molar-refractivity contribution is 7.89. The minimum absolute atomic E-state index is 0.102. The molecular weight excluding hydrogens is 404 g/mol. The number of carbonyl (C=O) groups is 1. The lowest BCUT2D eigenvalue weighted by molar-refractivity contribution is -0.123. The van der Waals surface area contributed by atoms with Crippen molar-refractivity contribution in [2.45, 2.75) is 24.7 Å². The zero-order chi connectivity index (χ0) is 21.7. The lowest BCUT2D eigenvalue weighted by atomic mass is 9.98. The summed E-state index contributed by atoms with van der Waals surface area (Å²) >= 11 is 0. The summed E-state index contributed by atoms with van der Waals surface area (Å²) in [5.74, 6) is 0.792. The molecule has 1 saturated heterocycles. The summed E-state index contributed by atoms with van der Waals surface area (Å²) in [6.45, 7) is 2.96. The van der Waals surface area contributed by atoms with Crippen LogP contribution in [0.15, 0.2) is 53.4 Å². The molecule has 1 aliphatic rings. The van der Waals surface area contributed by atoms with E-state index in [4.69, 9.17) is 9.47 Å². The molecule has 0 N–H and O–H groups in total. The van der Waals surface area contributed by atoms with Crippen molar-refractivity contribution < 1.29 is 22.7 Å². The molecule has 1 unspecified atom stereocenters. The number of ether oxygens (including phenoxy) is 2. The van der Waals surface area contributed by atoms with Crippen LogP contribution in [0.3, 0.4) is 0 Å². The monoisotopic (exact) mass is 432 g/mol. The molecule has 1 heterocycles. The van der Waals surface area contributed by atoms with Gasteiger partial charge in [-0.05, 0) is 56.2 Å². The maximum absolute atomic E-state index is 13.1. The van der Waals surface area contributed by atoms with Gasteiger partial charge in [0.05, 0.1) is 24.5 Å². The van der Waals surface area contributed by atoms with E-state index in [0.29, 0.717) is 43.2 Å². The zero-order valence-electron chi connectivity index (χ0n) is 17.6. The van der Waals surface area contributed by atoms with Crippen molar-refractivity contribution in [3.05, 3.63) is 48.5 Å². The van der Waals surface area contributed by atoms with E-state index in [2.05, 4.69) is 0 Å². The summed E-state index contributed by atoms with van der Waals surface area (Å²) in [5, 5.41) is 0. The Morgan fingerprint density at radius 3 is 2.57 bits per heavy atom. The van der Waals surface area contributed by atoms with Crippen LogP contribution in [0.2, 0.25) is 0 Å². The predicted octanol–water partition coefficient (Wildman–Crippen LogP) is 3.16. The molecule has 0 aliphatic carbocycles. The number of anilines is 1. The fraction of sp³-hybridized carbons (Fsp3) is 0.409. The second-order valence-electron chi connectivity index (χ2n) is 7.21. The summed E-state index contributed by atoms with van der Waals surface area (Å²) in [6.07, 6.45) is 1.29. The summed E-state index contributed by atoms with van der Waals surface area (Å²) in [7, 11) is -0.394. The van der Waals surface area contributed by atoms with E-state index in [1.807, 2.05) is 25.1 Å². The number of nitrogens with zero attached hydrogens (tertiary/aromatic N) is 2. The molecule has 2 aromatic rings. The van der Waals surface area contributed by atoms with Crippen molar-refractivity contribution in [1.82, 2.24) is 4.31 Å². The number of carbonyl (C=O) groups excluding carboxylic acids is 1. The second kappa shape index (κ2) is 9.49. The normalized spacial score (nSPS) is 17.4. The SMILES string of the molecule is CCOc1ccc(S(=O)(=O)N2CCCC(C(=O)N(C)c3cccc(OC)c3)C2)cc1. The lowest BCUT2D eigenvalue weighted by Crippen LogP contribution is -2.45. The Labute approximate surface area is 178 Å². The third kappa shape index (κ3) is 4.76. The average Bonchev–Trinajstić information content (AvgIpc) is 2.78. The number of piperidine rings is 1. The first-order chi connectivity index (χ1) is 14.4. The molecule has 0 radical (unpaired) electrons. The molecule has 1 atom stereocenters. The van der Waals surface area contributed by atoms with Gasteiger partial charge in [-0.15, -0.1) is 0 Å². The molecule has 7 nitrogen and oxygen atoms in total. The van der Waals surface area contributed by atoms with Crippen molar-refractivity contribution in [2.24, 2.45) is 5.92 Å². The van der Waals surface area contributed by atoms with Crippen molar-refractivity contribution in [3.8, 4) is 11.5 Å². The zero-order valence-corrected chi connectivity index (χ0v) is 18.4. The first-order valence-electron chi connectivity index (χ1n) is 10.0. The van der Waals surface area contributed by atoms with Crippen LogP contribution >= 0.6 is 0 Å². The number of amides is 1. The van der Waals surface area contributed by atoms with Crippen molar-refractivity contribution in [1.29, 1.82) is 0 Å². The highest BCUT2D eigenvalue weighted by atomic mass is 32.2. The number of sulfonamides is 1. The molecule has 1 fully saturated rings. The minimum atomic E-state index is -3.67. The topological polar surface area (TPSA) is 76.2 Å². The molecule has 0 bridgehead atoms. The Kier molecular flexibility index (Phi) is 6.99. The molecule has 1 amide bonds. The van der Waals surface area contributed by atoms with Crippen LogP contribution in [0, 0.1) is 5.92 Å². The van der Waals surface area contributed by atoms with Gasteiger partial charge in [0.15, 0.2) is 0 Å². The van der Waals surface area contributed by atoms with E-state index in [9.17, 15) is 13.2 Å². The van der Waals surface area contributed by atoms with Crippen molar-refractivity contribution >= 4 is 21.6 Å². The molecule has 1 aliphatic heterocycles. The van der Waals surface area contributed by atoms with Crippen LogP contribution in [0.1, 0.15) is 19.8 Å². The van der Waals surface area contributed by atoms with E-state index >= 15 is 0 Å². The fourth-order valence-electron chi connectivity index (χ4n) is 3.61. The number of benzene rings is 2. The van der Waals surface area contributed by atoms with E-state index in [0.717, 1.165) is 0 Å². The fourth-order valence-corrected chi connectivity index (χ4v) is 5.13. The molecule has 0 saturated carbocycles. The summed E-state index contributed by atoms with van der Waals surface area (Å²) < 4.78 is 38.2. The molecule has 8 heteroatoms. The van der Waals surface area contributed by atoms with E-state index < -0.39 is 15.9 Å². The van der Waals surface area contributed by atoms with E-state index in [1.165, 1.54) is 4.31 Å². The molecule has 162 valence electrons. The van der Waals surface area contributed by atoms with Crippen LogP contribution in [0.25, 0.3) is 0 Å². The van der Waals surface area contributed by atoms with Gasteiger partial charge in [0.2, 0.25) is 15.9 Å². The van der Waals surface area contributed by atoms with Crippen molar-refractivity contribution in [2.75, 3.05) is 38.8 Å². The summed E-state index contributed by atoms with van der Waals surface area (Å²) in [5.41, 5.74) is 0.714. The molecule has 0 aromatic heterocycles. The largest absolute Gasteiger partial charge is 0.497 e. The first-order valence-corrected chi connectivity index (χ1v) is 11.5. The van der Waals surface area contributed by atoms with Gasteiger partial charge < -0.3 is 14.4 Å². The third-order valence-corrected chi connectivity index (χ3v) is 7.16. The number of hydrogen-bond acceptors (Lipinski definition) is 5. The molecule has 0 spiro atoms. The third-order valence-electron chi connectivity index (χ3n) is 5.28. The average molecular weight is 433 g/mol. The van der Waals surface area contributed by atoms with Crippen LogP contribution in [0.5, 0.6) is 11.5 Å². The molecule has 3 rings (SSSR count). The number of rotatable bonds is 7. The van der Waals surface area contributed by atoms with Gasteiger partial charge in [-0.1, -0.05) is 6.07 Å². The first kappa shape index (κ1) is 22.1. The van der Waals surface area contributed by atoms with Gasteiger partial charge in [-0.3, -0.25) is 4.79 Å². The second-order valence-corrected chi connectivity index (χ2v) is 9.14. The van der Waals surface area contributed by atoms with Gasteiger partial charge in [-0.2, -0.15) is 4.31 Å². The quantitative estimate of drug-likeness (QED) is 0.672. The predicted molar refractivity (Wildman–Crippen MR) is 115 cm³/mol. The smallest absolute Gasteiger partial charge is 0.243 e. The summed E-state index contributed by atoms with van der Waals surface area (Å²) in [4.78, 5) is 14.8.